The number of pyridine rings is 3. The molecule has 0 saturated heterocycles. The normalized spacial score (nSPS) is 14.0. The van der Waals surface area contributed by atoms with Gasteiger partial charge in [-0.3, -0.25) is 0 Å². The fourth-order valence-electron chi connectivity index (χ4n) is 8.79. The molecule has 57 heavy (non-hydrogen) atoms. The first-order valence-electron chi connectivity index (χ1n) is 20.6. The smallest absolute Gasteiger partial charge is 0.216 e. The molecule has 0 amide bonds. The Labute approximate surface area is 357 Å². The average molecular weight is 993 g/mol. The minimum absolute atomic E-state index is 0. The Morgan fingerprint density at radius 3 is 2.21 bits per heavy atom. The molecular formula is C51H57GeIrN3O-2. The van der Waals surface area contributed by atoms with E-state index in [0.717, 1.165) is 56.9 Å². The molecule has 0 bridgehead atoms. The van der Waals surface area contributed by atoms with Crippen molar-refractivity contribution in [1.29, 1.82) is 0 Å². The maximum atomic E-state index is 6.44. The Morgan fingerprint density at radius 2 is 1.53 bits per heavy atom. The second-order valence-electron chi connectivity index (χ2n) is 17.5. The summed E-state index contributed by atoms with van der Waals surface area (Å²) in [7, 11) is 0. The van der Waals surface area contributed by atoms with Crippen LogP contribution in [-0.2, 0) is 26.5 Å². The van der Waals surface area contributed by atoms with Crippen LogP contribution in [0.2, 0.25) is 17.3 Å². The Bertz CT molecular complexity index is 2430. The van der Waals surface area contributed by atoms with Gasteiger partial charge < -0.3 is 9.40 Å². The van der Waals surface area contributed by atoms with Crippen LogP contribution in [-0.4, -0.2) is 28.2 Å². The van der Waals surface area contributed by atoms with Crippen molar-refractivity contribution in [2.24, 2.45) is 11.8 Å². The van der Waals surface area contributed by atoms with Gasteiger partial charge in [-0.05, 0) is 80.5 Å². The fraction of sp³-hybridized carbons (Fsp3) is 0.353. The molecule has 1 aliphatic carbocycles. The Morgan fingerprint density at radius 1 is 0.772 bits per heavy atom. The molecule has 1 atom stereocenters. The van der Waals surface area contributed by atoms with Crippen LogP contribution in [0.1, 0.15) is 86.6 Å². The summed E-state index contributed by atoms with van der Waals surface area (Å²) in [6.07, 6.45) is 12.0. The SMILES string of the molecule is CC(C)Cc1cc(-c2[c-]cccc2)nc[c]1[Ge]([CH3])([CH3])[CH3].Cc1cc(C)c(-c2ccc3c(n2)oc2c(-c4cc(C(C)C5CCCCC5)ccn4)[c-]ccc23)c(C)c1.[Ir]. The summed E-state index contributed by atoms with van der Waals surface area (Å²) in [6.45, 7) is 13.4. The van der Waals surface area contributed by atoms with Gasteiger partial charge in [-0.15, -0.1) is 18.2 Å². The molecule has 1 aliphatic rings. The largest absolute Gasteiger partial charge is 0.486 e. The first-order chi connectivity index (χ1) is 26.9. The van der Waals surface area contributed by atoms with Crippen LogP contribution in [0.4, 0.5) is 0 Å². The van der Waals surface area contributed by atoms with Crippen molar-refractivity contribution in [3.05, 3.63) is 131 Å². The van der Waals surface area contributed by atoms with Crippen molar-refractivity contribution in [2.45, 2.75) is 103 Å². The van der Waals surface area contributed by atoms with Crippen molar-refractivity contribution in [2.75, 3.05) is 0 Å². The predicted molar refractivity (Wildman–Crippen MR) is 238 cm³/mol. The summed E-state index contributed by atoms with van der Waals surface area (Å²) >= 11 is -1.86. The van der Waals surface area contributed by atoms with E-state index in [0.29, 0.717) is 17.5 Å². The van der Waals surface area contributed by atoms with Gasteiger partial charge in [-0.1, -0.05) is 66.5 Å². The van der Waals surface area contributed by atoms with Gasteiger partial charge >= 0.3 is 126 Å². The third-order valence-corrected chi connectivity index (χ3v) is 15.9. The van der Waals surface area contributed by atoms with Crippen molar-refractivity contribution < 1.29 is 24.5 Å². The molecule has 7 aromatic rings. The number of aromatic nitrogens is 3. The summed E-state index contributed by atoms with van der Waals surface area (Å²) < 4.78 is 7.98. The van der Waals surface area contributed by atoms with Crippen molar-refractivity contribution >= 4 is 39.7 Å². The summed E-state index contributed by atoms with van der Waals surface area (Å²) in [5.41, 5.74) is 14.2. The molecule has 4 aromatic heterocycles. The number of aryl methyl sites for hydroxylation is 3. The fourth-order valence-corrected chi connectivity index (χ4v) is 12.1. The van der Waals surface area contributed by atoms with E-state index in [1.165, 1.54) is 65.5 Å². The number of hydrogen-bond acceptors (Lipinski definition) is 4. The van der Waals surface area contributed by atoms with Gasteiger partial charge in [0.25, 0.3) is 0 Å². The molecular weight excluding hydrogens is 935 g/mol. The molecule has 1 saturated carbocycles. The van der Waals surface area contributed by atoms with Gasteiger partial charge in [0, 0.05) is 37.3 Å². The predicted octanol–water partition coefficient (Wildman–Crippen LogP) is 13.4. The zero-order chi connectivity index (χ0) is 39.6. The molecule has 1 fully saturated rings. The topological polar surface area (TPSA) is 51.8 Å². The number of hydrogen-bond donors (Lipinski definition) is 0. The Hall–Kier alpha value is -3.90. The van der Waals surface area contributed by atoms with Crippen LogP contribution < -0.4 is 4.40 Å². The van der Waals surface area contributed by atoms with Crippen LogP contribution >= 0.6 is 0 Å². The van der Waals surface area contributed by atoms with Gasteiger partial charge in [0.2, 0.25) is 5.71 Å². The Balaban J connectivity index is 0.000000223. The van der Waals surface area contributed by atoms with E-state index in [4.69, 9.17) is 19.4 Å². The van der Waals surface area contributed by atoms with E-state index >= 15 is 0 Å². The van der Waals surface area contributed by atoms with E-state index in [1.807, 2.05) is 30.5 Å². The van der Waals surface area contributed by atoms with Gasteiger partial charge in [-0.2, -0.15) is 0 Å². The second kappa shape index (κ2) is 18.4. The van der Waals surface area contributed by atoms with E-state index < -0.39 is 13.3 Å². The summed E-state index contributed by atoms with van der Waals surface area (Å²) in [6, 6.07) is 34.2. The van der Waals surface area contributed by atoms with E-state index in [9.17, 15) is 0 Å². The maximum absolute atomic E-state index is 6.44. The quantitative estimate of drug-likeness (QED) is 0.112. The average Bonchev–Trinajstić information content (AvgIpc) is 3.56. The maximum Gasteiger partial charge on any atom is 0.216 e. The Kier molecular flexibility index (Phi) is 13.7. The van der Waals surface area contributed by atoms with Crippen LogP contribution in [0.5, 0.6) is 0 Å². The number of furan rings is 1. The van der Waals surface area contributed by atoms with Gasteiger partial charge in [-0.25, -0.2) is 4.98 Å². The van der Waals surface area contributed by atoms with Crippen LogP contribution in [0.25, 0.3) is 55.8 Å². The summed E-state index contributed by atoms with van der Waals surface area (Å²) in [5.74, 6) is 9.29. The van der Waals surface area contributed by atoms with Crippen molar-refractivity contribution in [3.8, 4) is 33.8 Å². The van der Waals surface area contributed by atoms with Gasteiger partial charge in [0.1, 0.15) is 0 Å². The zero-order valence-corrected chi connectivity index (χ0v) is 39.7. The van der Waals surface area contributed by atoms with Crippen molar-refractivity contribution in [1.82, 2.24) is 15.0 Å². The molecule has 1 unspecified atom stereocenters. The first kappa shape index (κ1) is 42.7. The molecule has 4 heterocycles. The number of fused-ring (bicyclic) bond motifs is 3. The summed E-state index contributed by atoms with van der Waals surface area (Å²) in [5, 5.41) is 2.08. The molecule has 4 nitrogen and oxygen atoms in total. The third kappa shape index (κ3) is 9.70. The van der Waals surface area contributed by atoms with Gasteiger partial charge in [0.05, 0.1) is 11.3 Å². The van der Waals surface area contributed by atoms with Crippen LogP contribution in [0.3, 0.4) is 0 Å². The molecule has 1 radical (unpaired) electrons. The zero-order valence-electron chi connectivity index (χ0n) is 35.2. The molecule has 0 spiro atoms. The number of rotatable bonds is 8. The summed E-state index contributed by atoms with van der Waals surface area (Å²) in [4.78, 5) is 14.4. The van der Waals surface area contributed by atoms with Crippen LogP contribution in [0.15, 0.2) is 95.7 Å². The first-order valence-corrected chi connectivity index (χ1v) is 28.0. The van der Waals surface area contributed by atoms with Crippen LogP contribution in [0, 0.1) is 44.7 Å². The monoisotopic (exact) mass is 994 g/mol. The van der Waals surface area contributed by atoms with Crippen molar-refractivity contribution in [3.63, 3.8) is 0 Å². The number of benzene rings is 3. The van der Waals surface area contributed by atoms with E-state index in [-0.39, 0.29) is 20.1 Å². The molecule has 6 heteroatoms. The number of nitrogens with zero attached hydrogens (tertiary/aromatic N) is 3. The van der Waals surface area contributed by atoms with Gasteiger partial charge in [0.15, 0.2) is 0 Å². The molecule has 8 rings (SSSR count). The van der Waals surface area contributed by atoms with E-state index in [1.54, 1.807) is 4.40 Å². The third-order valence-electron chi connectivity index (χ3n) is 11.6. The second-order valence-corrected chi connectivity index (χ2v) is 28.1. The molecule has 0 N–H and O–H groups in total. The molecule has 3 aromatic carbocycles. The standard InChI is InChI=1S/C33H33N2O.C18H24GeN.Ir/c1-20-17-21(2)31(22(3)18-20)29-14-13-27-26-11-8-12-28(32(26)36-33(27)35-29)30-19-25(15-16-34-30)23(4)24-9-6-5-7-10-24;1-14(2)11-16-12-18(15-9-7-6-8-10-15)20-13-17(16)19(3,4)5;/h8,11,13-19,23-24H,5-7,9-10H2,1-4H3;6-9,12-14H,11H2,1-5H3;/q2*-1;. The van der Waals surface area contributed by atoms with E-state index in [2.05, 4.69) is 132 Å². The minimum Gasteiger partial charge on any atom is -0.486 e. The minimum atomic E-state index is -1.86. The molecule has 297 valence electrons. The molecule has 0 aliphatic heterocycles.